The number of thiophene rings is 2. The van der Waals surface area contributed by atoms with Crippen molar-refractivity contribution in [2.24, 2.45) is 0 Å². The molecular weight excluding hydrogens is 200 g/mol. The highest BCUT2D eigenvalue weighted by atomic mass is 32.1. The van der Waals surface area contributed by atoms with E-state index in [9.17, 15) is 5.11 Å². The fourth-order valence-corrected chi connectivity index (χ4v) is 2.77. The predicted molar refractivity (Wildman–Crippen MR) is 57.4 cm³/mol. The van der Waals surface area contributed by atoms with Crippen LogP contribution in [0.4, 0.5) is 0 Å². The Balaban J connectivity index is 2.28. The SMILES string of the molecule is Cc1ccc([C@H](O)c2ccsc2)s1. The number of hydrogen-bond acceptors (Lipinski definition) is 3. The molecule has 0 saturated heterocycles. The van der Waals surface area contributed by atoms with Crippen LogP contribution in [0.2, 0.25) is 0 Å². The third kappa shape index (κ3) is 1.82. The van der Waals surface area contributed by atoms with Gasteiger partial charge in [0.15, 0.2) is 0 Å². The van der Waals surface area contributed by atoms with Gasteiger partial charge in [0.05, 0.1) is 0 Å². The van der Waals surface area contributed by atoms with Gasteiger partial charge in [-0.2, -0.15) is 11.3 Å². The van der Waals surface area contributed by atoms with E-state index in [0.717, 1.165) is 10.4 Å². The fraction of sp³-hybridized carbons (Fsp3) is 0.200. The minimum Gasteiger partial charge on any atom is -0.383 e. The topological polar surface area (TPSA) is 20.2 Å². The standard InChI is InChI=1S/C10H10OS2/c1-7-2-3-9(13-7)10(11)8-4-5-12-6-8/h2-6,10-11H,1H3/t10-/m1/s1. The van der Waals surface area contributed by atoms with Gasteiger partial charge in [-0.1, -0.05) is 0 Å². The summed E-state index contributed by atoms with van der Waals surface area (Å²) < 4.78 is 0. The first-order valence-corrected chi connectivity index (χ1v) is 5.80. The summed E-state index contributed by atoms with van der Waals surface area (Å²) >= 11 is 3.26. The van der Waals surface area contributed by atoms with Crippen LogP contribution in [0.3, 0.4) is 0 Å². The van der Waals surface area contributed by atoms with Crippen molar-refractivity contribution in [1.29, 1.82) is 0 Å². The maximum absolute atomic E-state index is 9.91. The van der Waals surface area contributed by atoms with Gasteiger partial charge < -0.3 is 5.11 Å². The Kier molecular flexibility index (Phi) is 2.49. The highest BCUT2D eigenvalue weighted by molar-refractivity contribution is 7.12. The van der Waals surface area contributed by atoms with Crippen molar-refractivity contribution in [3.8, 4) is 0 Å². The smallest absolute Gasteiger partial charge is 0.114 e. The minimum absolute atomic E-state index is 0.440. The van der Waals surface area contributed by atoms with Crippen LogP contribution in [-0.4, -0.2) is 5.11 Å². The largest absolute Gasteiger partial charge is 0.383 e. The molecule has 3 heteroatoms. The molecule has 0 unspecified atom stereocenters. The predicted octanol–water partition coefficient (Wildman–Crippen LogP) is 3.20. The van der Waals surface area contributed by atoms with Crippen LogP contribution in [0.15, 0.2) is 29.0 Å². The van der Waals surface area contributed by atoms with Crippen molar-refractivity contribution >= 4 is 22.7 Å². The van der Waals surface area contributed by atoms with E-state index in [2.05, 4.69) is 6.92 Å². The van der Waals surface area contributed by atoms with Crippen molar-refractivity contribution in [3.05, 3.63) is 44.3 Å². The van der Waals surface area contributed by atoms with Crippen LogP contribution < -0.4 is 0 Å². The van der Waals surface area contributed by atoms with Gasteiger partial charge in [-0.3, -0.25) is 0 Å². The van der Waals surface area contributed by atoms with Gasteiger partial charge in [-0.05, 0) is 41.4 Å². The number of aliphatic hydroxyl groups excluding tert-OH is 1. The van der Waals surface area contributed by atoms with Crippen LogP contribution >= 0.6 is 22.7 Å². The summed E-state index contributed by atoms with van der Waals surface area (Å²) in [5, 5.41) is 13.9. The second-order valence-corrected chi connectivity index (χ2v) is 5.01. The zero-order valence-electron chi connectivity index (χ0n) is 7.23. The average Bonchev–Trinajstić information content (AvgIpc) is 2.72. The van der Waals surface area contributed by atoms with Gasteiger partial charge in [0.1, 0.15) is 6.10 Å². The quantitative estimate of drug-likeness (QED) is 0.807. The van der Waals surface area contributed by atoms with Crippen LogP contribution in [0.1, 0.15) is 21.4 Å². The van der Waals surface area contributed by atoms with E-state index >= 15 is 0 Å². The summed E-state index contributed by atoms with van der Waals surface area (Å²) in [4.78, 5) is 2.26. The maximum atomic E-state index is 9.91. The Hall–Kier alpha value is -0.640. The Morgan fingerprint density at radius 2 is 2.15 bits per heavy atom. The molecule has 0 amide bonds. The van der Waals surface area contributed by atoms with E-state index in [4.69, 9.17) is 0 Å². The number of aliphatic hydroxyl groups is 1. The van der Waals surface area contributed by atoms with Crippen LogP contribution in [0, 0.1) is 6.92 Å². The van der Waals surface area contributed by atoms with Crippen LogP contribution in [-0.2, 0) is 0 Å². The molecule has 1 nitrogen and oxygen atoms in total. The zero-order valence-corrected chi connectivity index (χ0v) is 8.86. The van der Waals surface area contributed by atoms with E-state index in [0.29, 0.717) is 0 Å². The number of hydrogen-bond donors (Lipinski definition) is 1. The average molecular weight is 210 g/mol. The molecule has 0 aliphatic rings. The lowest BCUT2D eigenvalue weighted by Gasteiger charge is -2.04. The molecule has 2 heterocycles. The zero-order chi connectivity index (χ0) is 9.26. The highest BCUT2D eigenvalue weighted by Gasteiger charge is 2.11. The van der Waals surface area contributed by atoms with E-state index in [-0.39, 0.29) is 0 Å². The van der Waals surface area contributed by atoms with E-state index in [1.54, 1.807) is 22.7 Å². The van der Waals surface area contributed by atoms with Gasteiger partial charge in [-0.15, -0.1) is 11.3 Å². The van der Waals surface area contributed by atoms with Crippen molar-refractivity contribution < 1.29 is 5.11 Å². The molecule has 68 valence electrons. The van der Waals surface area contributed by atoms with Crippen molar-refractivity contribution in [1.82, 2.24) is 0 Å². The lowest BCUT2D eigenvalue weighted by atomic mass is 10.2. The molecular formula is C10H10OS2. The fourth-order valence-electron chi connectivity index (χ4n) is 1.20. The number of rotatable bonds is 2. The third-order valence-corrected chi connectivity index (χ3v) is 3.64. The third-order valence-electron chi connectivity index (χ3n) is 1.89. The Morgan fingerprint density at radius 3 is 2.69 bits per heavy atom. The molecule has 13 heavy (non-hydrogen) atoms. The molecule has 0 aromatic carbocycles. The first-order chi connectivity index (χ1) is 6.27. The first-order valence-electron chi connectivity index (χ1n) is 4.04. The Labute approximate surface area is 85.3 Å². The molecule has 2 aromatic rings. The summed E-state index contributed by atoms with van der Waals surface area (Å²) in [7, 11) is 0. The normalized spacial score (nSPS) is 13.1. The lowest BCUT2D eigenvalue weighted by molar-refractivity contribution is 0.224. The monoisotopic (exact) mass is 210 g/mol. The van der Waals surface area contributed by atoms with Gasteiger partial charge in [-0.25, -0.2) is 0 Å². The molecule has 0 aliphatic heterocycles. The lowest BCUT2D eigenvalue weighted by Crippen LogP contribution is -1.93. The van der Waals surface area contributed by atoms with E-state index < -0.39 is 6.10 Å². The van der Waals surface area contributed by atoms with Crippen molar-refractivity contribution in [2.45, 2.75) is 13.0 Å². The Morgan fingerprint density at radius 1 is 1.31 bits per heavy atom. The summed E-state index contributed by atoms with van der Waals surface area (Å²) in [5.74, 6) is 0. The molecule has 0 fully saturated rings. The molecule has 1 atom stereocenters. The second-order valence-electron chi connectivity index (χ2n) is 2.91. The molecule has 0 aliphatic carbocycles. The molecule has 2 rings (SSSR count). The van der Waals surface area contributed by atoms with Crippen molar-refractivity contribution in [3.63, 3.8) is 0 Å². The summed E-state index contributed by atoms with van der Waals surface area (Å²) in [6.07, 6.45) is -0.440. The summed E-state index contributed by atoms with van der Waals surface area (Å²) in [6.45, 7) is 2.05. The highest BCUT2D eigenvalue weighted by Crippen LogP contribution is 2.28. The van der Waals surface area contributed by atoms with E-state index in [1.165, 1.54) is 4.88 Å². The van der Waals surface area contributed by atoms with Crippen molar-refractivity contribution in [2.75, 3.05) is 0 Å². The maximum Gasteiger partial charge on any atom is 0.114 e. The van der Waals surface area contributed by atoms with E-state index in [1.807, 2.05) is 29.0 Å². The van der Waals surface area contributed by atoms with Crippen LogP contribution in [0.5, 0.6) is 0 Å². The van der Waals surface area contributed by atoms with Gasteiger partial charge >= 0.3 is 0 Å². The molecule has 0 saturated carbocycles. The molecule has 0 spiro atoms. The molecule has 0 bridgehead atoms. The second kappa shape index (κ2) is 3.62. The van der Waals surface area contributed by atoms with Gasteiger partial charge in [0, 0.05) is 9.75 Å². The number of aryl methyl sites for hydroxylation is 1. The first kappa shape index (κ1) is 8.94. The minimum atomic E-state index is -0.440. The van der Waals surface area contributed by atoms with Crippen LogP contribution in [0.25, 0.3) is 0 Å². The Bertz CT molecular complexity index is 375. The molecule has 0 radical (unpaired) electrons. The molecule has 2 aromatic heterocycles. The summed E-state index contributed by atoms with van der Waals surface area (Å²) in [5.41, 5.74) is 0.992. The van der Waals surface area contributed by atoms with Gasteiger partial charge in [0.25, 0.3) is 0 Å². The molecule has 1 N–H and O–H groups in total. The van der Waals surface area contributed by atoms with Gasteiger partial charge in [0.2, 0.25) is 0 Å². The summed E-state index contributed by atoms with van der Waals surface area (Å²) in [6, 6.07) is 5.99.